The molecule has 3 heteroatoms. The molecule has 0 aromatic heterocycles. The SMILES string of the molecule is COCCSCCl. The molecule has 0 aromatic rings. The summed E-state index contributed by atoms with van der Waals surface area (Å²) in [4.78, 5) is 0. The maximum Gasteiger partial charge on any atom is 0.0681 e. The van der Waals surface area contributed by atoms with Crippen LogP contribution in [-0.2, 0) is 4.74 Å². The quantitative estimate of drug-likeness (QED) is 0.433. The lowest BCUT2D eigenvalue weighted by atomic mass is 10.9. The molecule has 0 radical (unpaired) electrons. The highest BCUT2D eigenvalue weighted by Crippen LogP contribution is 1.99. The Bertz CT molecular complexity index is 30.9. The van der Waals surface area contributed by atoms with E-state index in [0.717, 1.165) is 12.4 Å². The summed E-state index contributed by atoms with van der Waals surface area (Å²) in [6, 6.07) is 0. The van der Waals surface area contributed by atoms with Crippen LogP contribution in [-0.4, -0.2) is 24.7 Å². The molecule has 0 spiro atoms. The molecule has 0 N–H and O–H groups in total. The van der Waals surface area contributed by atoms with Crippen molar-refractivity contribution in [2.75, 3.05) is 24.7 Å². The van der Waals surface area contributed by atoms with Gasteiger partial charge in [-0.1, -0.05) is 0 Å². The van der Waals surface area contributed by atoms with Crippen LogP contribution in [0.5, 0.6) is 0 Å². The van der Waals surface area contributed by atoms with E-state index in [4.69, 9.17) is 16.3 Å². The molecular formula is C4H9ClOS. The zero-order chi connectivity index (χ0) is 5.54. The number of thioether (sulfide) groups is 1. The van der Waals surface area contributed by atoms with Crippen LogP contribution in [0.4, 0.5) is 0 Å². The minimum absolute atomic E-state index is 0.670. The highest BCUT2D eigenvalue weighted by molar-refractivity contribution is 8.00. The van der Waals surface area contributed by atoms with Crippen molar-refractivity contribution in [3.8, 4) is 0 Å². The van der Waals surface area contributed by atoms with Crippen molar-refractivity contribution in [3.63, 3.8) is 0 Å². The van der Waals surface area contributed by atoms with Gasteiger partial charge in [-0.15, -0.1) is 23.4 Å². The maximum absolute atomic E-state index is 5.34. The number of halogens is 1. The van der Waals surface area contributed by atoms with E-state index in [1.807, 2.05) is 0 Å². The van der Waals surface area contributed by atoms with Gasteiger partial charge in [0.15, 0.2) is 0 Å². The summed E-state index contributed by atoms with van der Waals surface area (Å²) in [5.41, 5.74) is 0. The second-order valence-electron chi connectivity index (χ2n) is 1.01. The van der Waals surface area contributed by atoms with Crippen LogP contribution in [0.15, 0.2) is 0 Å². The second kappa shape index (κ2) is 6.60. The third-order valence-corrected chi connectivity index (χ3v) is 1.58. The summed E-state index contributed by atoms with van der Waals surface area (Å²) in [7, 11) is 1.69. The lowest BCUT2D eigenvalue weighted by Crippen LogP contribution is -1.90. The van der Waals surface area contributed by atoms with Gasteiger partial charge in [0.2, 0.25) is 0 Å². The molecule has 0 bridgehead atoms. The van der Waals surface area contributed by atoms with Crippen molar-refractivity contribution in [2.24, 2.45) is 0 Å². The fourth-order valence-electron chi connectivity index (χ4n) is 0.197. The van der Waals surface area contributed by atoms with E-state index >= 15 is 0 Å². The molecule has 0 saturated heterocycles. The summed E-state index contributed by atoms with van der Waals surface area (Å²) in [5, 5.41) is 0.670. The van der Waals surface area contributed by atoms with Crippen LogP contribution < -0.4 is 0 Å². The van der Waals surface area contributed by atoms with E-state index in [0.29, 0.717) is 5.21 Å². The Morgan fingerprint density at radius 3 is 2.86 bits per heavy atom. The molecule has 0 atom stereocenters. The third-order valence-electron chi connectivity index (χ3n) is 0.509. The summed E-state index contributed by atoms with van der Waals surface area (Å²) >= 11 is 7.02. The molecule has 0 amide bonds. The van der Waals surface area contributed by atoms with Crippen molar-refractivity contribution in [1.82, 2.24) is 0 Å². The first-order valence-electron chi connectivity index (χ1n) is 2.04. The molecule has 0 aliphatic heterocycles. The summed E-state index contributed by atoms with van der Waals surface area (Å²) < 4.78 is 4.76. The normalized spacial score (nSPS) is 9.43. The first-order valence-corrected chi connectivity index (χ1v) is 3.73. The Hall–Kier alpha value is 0.600. The van der Waals surface area contributed by atoms with Gasteiger partial charge >= 0.3 is 0 Å². The molecule has 7 heavy (non-hydrogen) atoms. The Morgan fingerprint density at radius 1 is 1.71 bits per heavy atom. The van der Waals surface area contributed by atoms with E-state index in [-0.39, 0.29) is 0 Å². The van der Waals surface area contributed by atoms with Crippen molar-refractivity contribution in [1.29, 1.82) is 0 Å². The van der Waals surface area contributed by atoms with E-state index in [2.05, 4.69) is 0 Å². The first kappa shape index (κ1) is 7.60. The van der Waals surface area contributed by atoms with Crippen LogP contribution in [0, 0.1) is 0 Å². The number of ether oxygens (including phenoxy) is 1. The standard InChI is InChI=1S/C4H9ClOS/c1-6-2-3-7-4-5/h2-4H2,1H3. The molecular weight excluding hydrogens is 132 g/mol. The minimum atomic E-state index is 0.670. The lowest BCUT2D eigenvalue weighted by molar-refractivity contribution is 0.219. The largest absolute Gasteiger partial charge is 0.384 e. The Labute approximate surface area is 53.4 Å². The van der Waals surface area contributed by atoms with Crippen molar-refractivity contribution in [2.45, 2.75) is 0 Å². The van der Waals surface area contributed by atoms with Gasteiger partial charge in [0.1, 0.15) is 0 Å². The monoisotopic (exact) mass is 140 g/mol. The predicted octanol–water partition coefficient (Wildman–Crippen LogP) is 1.56. The van der Waals surface area contributed by atoms with E-state index in [1.54, 1.807) is 18.9 Å². The summed E-state index contributed by atoms with van der Waals surface area (Å²) in [5.74, 6) is 1.00. The van der Waals surface area contributed by atoms with Crippen LogP contribution in [0.2, 0.25) is 0 Å². The molecule has 0 aromatic carbocycles. The van der Waals surface area contributed by atoms with Gasteiger partial charge < -0.3 is 4.74 Å². The van der Waals surface area contributed by atoms with Crippen LogP contribution in [0.3, 0.4) is 0 Å². The van der Waals surface area contributed by atoms with E-state index < -0.39 is 0 Å². The number of alkyl halides is 1. The number of hydrogen-bond acceptors (Lipinski definition) is 2. The second-order valence-corrected chi connectivity index (χ2v) is 2.70. The van der Waals surface area contributed by atoms with Gasteiger partial charge in [0.05, 0.1) is 11.8 Å². The molecule has 0 heterocycles. The number of hydrogen-bond donors (Lipinski definition) is 0. The average molecular weight is 141 g/mol. The molecule has 0 fully saturated rings. The number of rotatable bonds is 4. The Kier molecular flexibility index (Phi) is 7.17. The topological polar surface area (TPSA) is 9.23 Å². The average Bonchev–Trinajstić information content (AvgIpc) is 1.69. The van der Waals surface area contributed by atoms with Gasteiger partial charge in [0.25, 0.3) is 0 Å². The smallest absolute Gasteiger partial charge is 0.0681 e. The first-order chi connectivity index (χ1) is 3.41. The fourth-order valence-corrected chi connectivity index (χ4v) is 0.918. The third kappa shape index (κ3) is 6.60. The molecule has 1 nitrogen and oxygen atoms in total. The molecule has 0 aliphatic rings. The Balaban J connectivity index is 2.45. The van der Waals surface area contributed by atoms with E-state index in [1.165, 1.54) is 0 Å². The zero-order valence-electron chi connectivity index (χ0n) is 4.32. The highest BCUT2D eigenvalue weighted by atomic mass is 35.5. The van der Waals surface area contributed by atoms with Crippen molar-refractivity contribution < 1.29 is 4.74 Å². The highest BCUT2D eigenvalue weighted by Gasteiger charge is 1.80. The van der Waals surface area contributed by atoms with Gasteiger partial charge in [-0.3, -0.25) is 0 Å². The van der Waals surface area contributed by atoms with Crippen molar-refractivity contribution >= 4 is 23.4 Å². The summed E-state index contributed by atoms with van der Waals surface area (Å²) in [6.45, 7) is 0.803. The van der Waals surface area contributed by atoms with Gasteiger partial charge in [-0.05, 0) is 0 Å². The molecule has 0 rings (SSSR count). The van der Waals surface area contributed by atoms with Crippen LogP contribution >= 0.6 is 23.4 Å². The minimum Gasteiger partial charge on any atom is -0.384 e. The zero-order valence-corrected chi connectivity index (χ0v) is 5.89. The molecule has 44 valence electrons. The van der Waals surface area contributed by atoms with E-state index in [9.17, 15) is 0 Å². The van der Waals surface area contributed by atoms with Crippen LogP contribution in [0.1, 0.15) is 0 Å². The predicted molar refractivity (Wildman–Crippen MR) is 35.1 cm³/mol. The molecule has 0 aliphatic carbocycles. The molecule has 0 saturated carbocycles. The Morgan fingerprint density at radius 2 is 2.43 bits per heavy atom. The molecule has 0 unspecified atom stereocenters. The van der Waals surface area contributed by atoms with Crippen molar-refractivity contribution in [3.05, 3.63) is 0 Å². The van der Waals surface area contributed by atoms with Crippen LogP contribution in [0.25, 0.3) is 0 Å². The summed E-state index contributed by atoms with van der Waals surface area (Å²) in [6.07, 6.45) is 0. The maximum atomic E-state index is 5.34. The van der Waals surface area contributed by atoms with Gasteiger partial charge in [-0.2, -0.15) is 0 Å². The van der Waals surface area contributed by atoms with Gasteiger partial charge in [-0.25, -0.2) is 0 Å². The fraction of sp³-hybridized carbons (Fsp3) is 1.00. The number of methoxy groups -OCH3 is 1. The van der Waals surface area contributed by atoms with Gasteiger partial charge in [0, 0.05) is 12.9 Å². The lowest BCUT2D eigenvalue weighted by Gasteiger charge is -1.92.